The normalized spacial score (nSPS) is 10.8. The fourth-order valence-electron chi connectivity index (χ4n) is 3.59. The molecule has 0 unspecified atom stereocenters. The summed E-state index contributed by atoms with van der Waals surface area (Å²) in [4.78, 5) is 43.2. The molecule has 5 aromatic rings. The maximum Gasteiger partial charge on any atom is 0.282 e. The second kappa shape index (κ2) is 11.1. The number of thioether (sulfide) groups is 1. The topological polar surface area (TPSA) is 126 Å². The third-order valence-corrected chi connectivity index (χ3v) is 7.15. The zero-order valence-electron chi connectivity index (χ0n) is 19.4. The Hall–Kier alpha value is -4.40. The van der Waals surface area contributed by atoms with Crippen molar-refractivity contribution in [3.63, 3.8) is 0 Å². The van der Waals surface area contributed by atoms with Crippen molar-refractivity contribution in [1.82, 2.24) is 24.5 Å². The SMILES string of the molecule is N#Cc1ccc(-c2csc(NC(=O)CSc3nc4nccnc4c(=O)n3CCc3ccccc3)n2)cc1. The summed E-state index contributed by atoms with van der Waals surface area (Å²) < 4.78 is 1.55. The van der Waals surface area contributed by atoms with E-state index < -0.39 is 0 Å². The number of hydrogen-bond acceptors (Lipinski definition) is 9. The smallest absolute Gasteiger partial charge is 0.282 e. The minimum absolute atomic E-state index is 0.0370. The van der Waals surface area contributed by atoms with Gasteiger partial charge in [0.1, 0.15) is 0 Å². The molecule has 0 atom stereocenters. The van der Waals surface area contributed by atoms with Crippen LogP contribution in [0, 0.1) is 11.3 Å². The van der Waals surface area contributed by atoms with E-state index in [0.717, 1.165) is 22.9 Å². The monoisotopic (exact) mass is 525 g/mol. The summed E-state index contributed by atoms with van der Waals surface area (Å²) in [5, 5.41) is 14.5. The van der Waals surface area contributed by atoms with Gasteiger partial charge in [0, 0.05) is 29.9 Å². The molecule has 3 aromatic heterocycles. The Morgan fingerprint density at radius 1 is 1.05 bits per heavy atom. The third-order valence-electron chi connectivity index (χ3n) is 5.42. The van der Waals surface area contributed by atoms with E-state index in [9.17, 15) is 9.59 Å². The van der Waals surface area contributed by atoms with Gasteiger partial charge in [0.2, 0.25) is 5.91 Å². The second-order valence-corrected chi connectivity index (χ2v) is 9.68. The number of carbonyl (C=O) groups excluding carboxylic acids is 1. The van der Waals surface area contributed by atoms with Gasteiger partial charge in [-0.25, -0.2) is 19.9 Å². The summed E-state index contributed by atoms with van der Waals surface area (Å²) in [6, 6.07) is 19.0. The van der Waals surface area contributed by atoms with E-state index in [2.05, 4.69) is 31.3 Å². The lowest BCUT2D eigenvalue weighted by Crippen LogP contribution is -2.26. The van der Waals surface area contributed by atoms with Crippen LogP contribution in [0.1, 0.15) is 11.1 Å². The summed E-state index contributed by atoms with van der Waals surface area (Å²) in [7, 11) is 0. The highest BCUT2D eigenvalue weighted by Gasteiger charge is 2.16. The van der Waals surface area contributed by atoms with Crippen molar-refractivity contribution >= 4 is 45.3 Å². The third kappa shape index (κ3) is 5.72. The molecule has 182 valence electrons. The van der Waals surface area contributed by atoms with Crippen molar-refractivity contribution in [1.29, 1.82) is 5.26 Å². The molecule has 5 rings (SSSR count). The number of nitrogens with zero attached hydrogens (tertiary/aromatic N) is 6. The summed E-state index contributed by atoms with van der Waals surface area (Å²) in [6.45, 7) is 0.396. The number of aryl methyl sites for hydroxylation is 1. The van der Waals surface area contributed by atoms with Crippen LogP contribution in [0.3, 0.4) is 0 Å². The summed E-state index contributed by atoms with van der Waals surface area (Å²) in [5.41, 5.74) is 3.38. The van der Waals surface area contributed by atoms with Crippen LogP contribution >= 0.6 is 23.1 Å². The Bertz CT molecular complexity index is 1660. The Kier molecular flexibility index (Phi) is 7.30. The molecule has 2 aromatic carbocycles. The number of carbonyl (C=O) groups is 1. The van der Waals surface area contributed by atoms with E-state index in [0.29, 0.717) is 34.5 Å². The molecule has 1 N–H and O–H groups in total. The number of benzene rings is 2. The zero-order valence-corrected chi connectivity index (χ0v) is 21.0. The highest BCUT2D eigenvalue weighted by Crippen LogP contribution is 2.25. The largest absolute Gasteiger partial charge is 0.301 e. The van der Waals surface area contributed by atoms with E-state index in [1.165, 1.54) is 23.7 Å². The maximum absolute atomic E-state index is 13.2. The highest BCUT2D eigenvalue weighted by molar-refractivity contribution is 7.99. The van der Waals surface area contributed by atoms with Crippen molar-refractivity contribution < 1.29 is 4.79 Å². The molecule has 0 spiro atoms. The number of amides is 1. The van der Waals surface area contributed by atoms with Gasteiger partial charge >= 0.3 is 0 Å². The Labute approximate surface area is 219 Å². The predicted octanol–water partition coefficient (Wildman–Crippen LogP) is 4.16. The number of fused-ring (bicyclic) bond motifs is 1. The number of nitriles is 1. The van der Waals surface area contributed by atoms with Gasteiger partial charge in [0.05, 0.1) is 23.1 Å². The lowest BCUT2D eigenvalue weighted by Gasteiger charge is -2.12. The quantitative estimate of drug-likeness (QED) is 0.236. The Morgan fingerprint density at radius 3 is 2.62 bits per heavy atom. The van der Waals surface area contributed by atoms with Crippen molar-refractivity contribution in [3.05, 3.63) is 93.9 Å². The molecule has 0 saturated heterocycles. The highest BCUT2D eigenvalue weighted by atomic mass is 32.2. The number of aromatic nitrogens is 5. The first-order chi connectivity index (χ1) is 18.1. The average molecular weight is 526 g/mol. The van der Waals surface area contributed by atoms with Crippen LogP contribution in [0.25, 0.3) is 22.4 Å². The molecule has 37 heavy (non-hydrogen) atoms. The van der Waals surface area contributed by atoms with Gasteiger partial charge in [-0.1, -0.05) is 54.2 Å². The molecule has 9 nitrogen and oxygen atoms in total. The number of rotatable bonds is 8. The molecule has 0 aliphatic rings. The van der Waals surface area contributed by atoms with Gasteiger partial charge in [-0.15, -0.1) is 11.3 Å². The molecule has 0 aliphatic carbocycles. The van der Waals surface area contributed by atoms with Crippen LogP contribution in [0.2, 0.25) is 0 Å². The van der Waals surface area contributed by atoms with E-state index in [1.54, 1.807) is 16.7 Å². The molecular weight excluding hydrogens is 506 g/mol. The second-order valence-electron chi connectivity index (χ2n) is 7.88. The van der Waals surface area contributed by atoms with Gasteiger partial charge in [-0.2, -0.15) is 5.26 Å². The number of nitrogens with one attached hydrogen (secondary N) is 1. The standard InChI is InChI=1S/C26H19N7O2S2/c27-14-18-6-8-19(9-7-18)20-15-36-25(30-20)31-21(34)16-37-26-32-23-22(28-11-12-29-23)24(35)33(26)13-10-17-4-2-1-3-5-17/h1-9,11-12,15H,10,13,16H2,(H,30,31,34). The molecule has 3 heterocycles. The average Bonchev–Trinajstić information content (AvgIpc) is 3.40. The first kappa shape index (κ1) is 24.3. The lowest BCUT2D eigenvalue weighted by atomic mass is 10.1. The van der Waals surface area contributed by atoms with Crippen LogP contribution in [0.5, 0.6) is 0 Å². The molecule has 11 heteroatoms. The first-order valence-electron chi connectivity index (χ1n) is 11.2. The minimum Gasteiger partial charge on any atom is -0.301 e. The van der Waals surface area contributed by atoms with Crippen LogP contribution in [-0.4, -0.2) is 36.2 Å². The zero-order chi connectivity index (χ0) is 25.6. The number of anilines is 1. The fraction of sp³-hybridized carbons (Fsp3) is 0.115. The molecule has 1 amide bonds. The summed E-state index contributed by atoms with van der Waals surface area (Å²) >= 11 is 2.48. The lowest BCUT2D eigenvalue weighted by molar-refractivity contribution is -0.113. The van der Waals surface area contributed by atoms with Crippen molar-refractivity contribution in [2.24, 2.45) is 0 Å². The van der Waals surface area contributed by atoms with Crippen molar-refractivity contribution in [2.75, 3.05) is 11.1 Å². The van der Waals surface area contributed by atoms with Crippen LogP contribution in [-0.2, 0) is 17.8 Å². The molecular formula is C26H19N7O2S2. The van der Waals surface area contributed by atoms with Crippen molar-refractivity contribution in [2.45, 2.75) is 18.1 Å². The molecule has 0 radical (unpaired) electrons. The molecule has 0 bridgehead atoms. The van der Waals surface area contributed by atoms with Crippen LogP contribution < -0.4 is 10.9 Å². The summed E-state index contributed by atoms with van der Waals surface area (Å²) in [5.74, 6) is -0.233. The molecule has 0 saturated carbocycles. The number of thiazole rings is 1. The Morgan fingerprint density at radius 2 is 1.84 bits per heavy atom. The van der Waals surface area contributed by atoms with Gasteiger partial charge < -0.3 is 5.32 Å². The van der Waals surface area contributed by atoms with Crippen LogP contribution in [0.15, 0.2) is 82.3 Å². The maximum atomic E-state index is 13.2. The van der Waals surface area contributed by atoms with E-state index in [4.69, 9.17) is 5.26 Å². The van der Waals surface area contributed by atoms with Crippen molar-refractivity contribution in [3.8, 4) is 17.3 Å². The number of hydrogen-bond donors (Lipinski definition) is 1. The minimum atomic E-state index is -0.288. The van der Waals surface area contributed by atoms with Gasteiger partial charge in [0.15, 0.2) is 21.5 Å². The van der Waals surface area contributed by atoms with Crippen LogP contribution in [0.4, 0.5) is 5.13 Å². The van der Waals surface area contributed by atoms with Gasteiger partial charge in [0.25, 0.3) is 5.56 Å². The molecule has 0 aliphatic heterocycles. The van der Waals surface area contributed by atoms with E-state index in [-0.39, 0.29) is 28.4 Å². The summed E-state index contributed by atoms with van der Waals surface area (Å²) in [6.07, 6.45) is 3.58. The van der Waals surface area contributed by atoms with Gasteiger partial charge in [-0.05, 0) is 24.1 Å². The Balaban J connectivity index is 1.30. The van der Waals surface area contributed by atoms with Gasteiger partial charge in [-0.3, -0.25) is 14.2 Å². The van der Waals surface area contributed by atoms with E-state index >= 15 is 0 Å². The fourth-order valence-corrected chi connectivity index (χ4v) is 5.14. The predicted molar refractivity (Wildman–Crippen MR) is 143 cm³/mol. The first-order valence-corrected chi connectivity index (χ1v) is 13.1. The van der Waals surface area contributed by atoms with E-state index in [1.807, 2.05) is 47.8 Å². The molecule has 0 fully saturated rings.